The Balaban J connectivity index is 1.53. The van der Waals surface area contributed by atoms with E-state index in [0.29, 0.717) is 6.61 Å². The molecular weight excluding hydrogens is 316 g/mol. The molecule has 7 heteroatoms. The average molecular weight is 330 g/mol. The van der Waals surface area contributed by atoms with E-state index in [1.165, 1.54) is 0 Å². The molecule has 0 saturated carbocycles. The fourth-order valence-corrected chi connectivity index (χ4v) is 3.31. The van der Waals surface area contributed by atoms with Gasteiger partial charge in [-0.25, -0.2) is 15.0 Å². The monoisotopic (exact) mass is 330 g/mol. The molecule has 0 radical (unpaired) electrons. The number of rotatable bonds is 5. The van der Waals surface area contributed by atoms with Crippen LogP contribution in [-0.4, -0.2) is 28.6 Å². The summed E-state index contributed by atoms with van der Waals surface area (Å²) in [6.07, 6.45) is 2.31. The molecule has 22 heavy (non-hydrogen) atoms. The molecule has 0 atom stereocenters. The molecule has 0 saturated heterocycles. The molecule has 5 nitrogen and oxygen atoms in total. The zero-order chi connectivity index (χ0) is 15.2. The van der Waals surface area contributed by atoms with Crippen molar-refractivity contribution in [1.29, 1.82) is 0 Å². The molecule has 3 aromatic heterocycles. The zero-order valence-electron chi connectivity index (χ0n) is 12.0. The molecule has 3 heterocycles. The Hall–Kier alpha value is -2.01. The van der Waals surface area contributed by atoms with Crippen LogP contribution in [0.4, 0.5) is 5.82 Å². The van der Waals surface area contributed by atoms with Crippen LogP contribution >= 0.6 is 22.7 Å². The van der Waals surface area contributed by atoms with Crippen LogP contribution in [0, 0.1) is 11.8 Å². The van der Waals surface area contributed by atoms with Crippen LogP contribution in [0.2, 0.25) is 0 Å². The van der Waals surface area contributed by atoms with Gasteiger partial charge in [-0.3, -0.25) is 0 Å². The fourth-order valence-electron chi connectivity index (χ4n) is 1.89. The Kier molecular flexibility index (Phi) is 4.96. The van der Waals surface area contributed by atoms with Gasteiger partial charge in [-0.15, -0.1) is 22.7 Å². The predicted molar refractivity (Wildman–Crippen MR) is 90.2 cm³/mol. The van der Waals surface area contributed by atoms with Crippen molar-refractivity contribution in [3.05, 3.63) is 33.9 Å². The molecule has 0 unspecified atom stereocenters. The third kappa shape index (κ3) is 3.60. The summed E-state index contributed by atoms with van der Waals surface area (Å²) in [5.74, 6) is 7.05. The molecule has 3 rings (SSSR count). The summed E-state index contributed by atoms with van der Waals surface area (Å²) in [4.78, 5) is 13.9. The first-order chi connectivity index (χ1) is 10.9. The van der Waals surface area contributed by atoms with E-state index >= 15 is 0 Å². The molecule has 0 amide bonds. The Morgan fingerprint density at radius 1 is 1.32 bits per heavy atom. The highest BCUT2D eigenvalue weighted by atomic mass is 32.1. The minimum atomic E-state index is 0.540. The summed E-state index contributed by atoms with van der Waals surface area (Å²) in [6.45, 7) is 1.28. The number of methoxy groups -OCH3 is 1. The Bertz CT molecular complexity index is 815. The van der Waals surface area contributed by atoms with Crippen LogP contribution in [0.25, 0.3) is 10.2 Å². The van der Waals surface area contributed by atoms with E-state index in [-0.39, 0.29) is 0 Å². The molecule has 3 aromatic rings. The van der Waals surface area contributed by atoms with Gasteiger partial charge in [0, 0.05) is 25.5 Å². The highest BCUT2D eigenvalue weighted by Gasteiger charge is 2.03. The summed E-state index contributed by atoms with van der Waals surface area (Å²) in [6, 6.07) is 2.03. The van der Waals surface area contributed by atoms with Crippen LogP contribution in [-0.2, 0) is 11.3 Å². The molecule has 0 aliphatic heterocycles. The minimum Gasteiger partial charge on any atom is -0.378 e. The smallest absolute Gasteiger partial charge is 0.138 e. The molecule has 0 fully saturated rings. The van der Waals surface area contributed by atoms with Crippen molar-refractivity contribution in [1.82, 2.24) is 15.0 Å². The Labute approximate surface area is 136 Å². The first-order valence-corrected chi connectivity index (χ1v) is 8.47. The normalized spacial score (nSPS) is 10.4. The van der Waals surface area contributed by atoms with Gasteiger partial charge in [0.2, 0.25) is 0 Å². The van der Waals surface area contributed by atoms with E-state index < -0.39 is 0 Å². The van der Waals surface area contributed by atoms with Gasteiger partial charge in [-0.05, 0) is 17.4 Å². The number of anilines is 1. The molecular formula is C15H14N4OS2. The number of thiophene rings is 1. The SMILES string of the molecule is COCc1nc(C#CCCNc2ncnc3sccc23)cs1. The summed E-state index contributed by atoms with van der Waals surface area (Å²) < 4.78 is 5.04. The van der Waals surface area contributed by atoms with Crippen molar-refractivity contribution in [2.45, 2.75) is 13.0 Å². The van der Waals surface area contributed by atoms with Gasteiger partial charge in [0.05, 0.1) is 12.0 Å². The van der Waals surface area contributed by atoms with Crippen molar-refractivity contribution in [2.75, 3.05) is 19.0 Å². The molecule has 0 aliphatic rings. The Morgan fingerprint density at radius 3 is 3.18 bits per heavy atom. The lowest BCUT2D eigenvalue weighted by molar-refractivity contribution is 0.184. The van der Waals surface area contributed by atoms with Gasteiger partial charge in [0.1, 0.15) is 27.7 Å². The maximum absolute atomic E-state index is 5.04. The second kappa shape index (κ2) is 7.31. The second-order valence-corrected chi connectivity index (χ2v) is 6.24. The Morgan fingerprint density at radius 2 is 2.27 bits per heavy atom. The van der Waals surface area contributed by atoms with E-state index in [9.17, 15) is 0 Å². The van der Waals surface area contributed by atoms with Gasteiger partial charge in [-0.1, -0.05) is 5.92 Å². The van der Waals surface area contributed by atoms with Crippen molar-refractivity contribution in [3.8, 4) is 11.8 Å². The number of hydrogen-bond acceptors (Lipinski definition) is 7. The van der Waals surface area contributed by atoms with E-state index in [1.807, 2.05) is 16.8 Å². The molecule has 112 valence electrons. The maximum Gasteiger partial charge on any atom is 0.138 e. The summed E-state index contributed by atoms with van der Waals surface area (Å²) >= 11 is 3.18. The number of hydrogen-bond donors (Lipinski definition) is 1. The number of thiazole rings is 1. The molecule has 0 aromatic carbocycles. The van der Waals surface area contributed by atoms with Crippen LogP contribution in [0.15, 0.2) is 23.2 Å². The standard InChI is InChI=1S/C15H14N4OS2/c1-20-8-13-19-11(9-22-13)4-2-3-6-16-14-12-5-7-21-15(12)18-10-17-14/h5,7,9-10H,3,6,8H2,1H3,(H,16,17,18). The molecule has 0 spiro atoms. The minimum absolute atomic E-state index is 0.540. The van der Waals surface area contributed by atoms with Gasteiger partial charge in [-0.2, -0.15) is 0 Å². The summed E-state index contributed by atoms with van der Waals surface area (Å²) in [5, 5.41) is 9.28. The number of aromatic nitrogens is 3. The van der Waals surface area contributed by atoms with Crippen LogP contribution in [0.1, 0.15) is 17.1 Å². The highest BCUT2D eigenvalue weighted by molar-refractivity contribution is 7.16. The molecule has 1 N–H and O–H groups in total. The van der Waals surface area contributed by atoms with Gasteiger partial charge < -0.3 is 10.1 Å². The predicted octanol–water partition coefficient (Wildman–Crippen LogP) is 3.15. The third-order valence-electron chi connectivity index (χ3n) is 2.84. The van der Waals surface area contributed by atoms with Crippen molar-refractivity contribution in [3.63, 3.8) is 0 Å². The van der Waals surface area contributed by atoms with E-state index in [0.717, 1.165) is 39.7 Å². The summed E-state index contributed by atoms with van der Waals surface area (Å²) in [5.41, 5.74) is 0.805. The number of ether oxygens (including phenoxy) is 1. The number of nitrogens with one attached hydrogen (secondary N) is 1. The van der Waals surface area contributed by atoms with Crippen LogP contribution in [0.5, 0.6) is 0 Å². The largest absolute Gasteiger partial charge is 0.378 e. The topological polar surface area (TPSA) is 59.9 Å². The van der Waals surface area contributed by atoms with Crippen LogP contribution < -0.4 is 5.32 Å². The van der Waals surface area contributed by atoms with Crippen LogP contribution in [0.3, 0.4) is 0 Å². The lowest BCUT2D eigenvalue weighted by Gasteiger charge is -2.03. The lowest BCUT2D eigenvalue weighted by Crippen LogP contribution is -2.02. The first kappa shape index (κ1) is 14.9. The first-order valence-electron chi connectivity index (χ1n) is 6.71. The quantitative estimate of drug-likeness (QED) is 0.575. The lowest BCUT2D eigenvalue weighted by atomic mass is 10.3. The zero-order valence-corrected chi connectivity index (χ0v) is 13.6. The maximum atomic E-state index is 5.04. The number of nitrogens with zero attached hydrogens (tertiary/aromatic N) is 3. The van der Waals surface area contributed by atoms with Gasteiger partial charge >= 0.3 is 0 Å². The second-order valence-electron chi connectivity index (χ2n) is 4.40. The number of fused-ring (bicyclic) bond motifs is 1. The van der Waals surface area contributed by atoms with E-state index in [4.69, 9.17) is 4.74 Å². The van der Waals surface area contributed by atoms with Gasteiger partial charge in [0.25, 0.3) is 0 Å². The third-order valence-corrected chi connectivity index (χ3v) is 4.48. The molecule has 0 bridgehead atoms. The average Bonchev–Trinajstić information content (AvgIpc) is 3.16. The fraction of sp³-hybridized carbons (Fsp3) is 0.267. The van der Waals surface area contributed by atoms with Gasteiger partial charge in [0.15, 0.2) is 0 Å². The van der Waals surface area contributed by atoms with Crippen molar-refractivity contribution < 1.29 is 4.74 Å². The van der Waals surface area contributed by atoms with Crippen molar-refractivity contribution in [2.24, 2.45) is 0 Å². The highest BCUT2D eigenvalue weighted by Crippen LogP contribution is 2.23. The van der Waals surface area contributed by atoms with E-state index in [1.54, 1.807) is 36.1 Å². The van der Waals surface area contributed by atoms with E-state index in [2.05, 4.69) is 32.1 Å². The summed E-state index contributed by atoms with van der Waals surface area (Å²) in [7, 11) is 1.66. The molecule has 0 aliphatic carbocycles. The van der Waals surface area contributed by atoms with Crippen molar-refractivity contribution >= 4 is 38.7 Å².